The lowest BCUT2D eigenvalue weighted by Crippen LogP contribution is -2.46. The molecule has 7 heteroatoms. The molecule has 1 saturated heterocycles. The fraction of sp³-hybridized carbons (Fsp3) is 0.667. The minimum Gasteiger partial charge on any atom is -0.334 e. The van der Waals surface area contributed by atoms with Crippen LogP contribution >= 0.6 is 11.8 Å². The summed E-state index contributed by atoms with van der Waals surface area (Å²) < 4.78 is 0.0600. The van der Waals surface area contributed by atoms with E-state index >= 15 is 0 Å². The van der Waals surface area contributed by atoms with Crippen molar-refractivity contribution in [2.75, 3.05) is 18.8 Å². The summed E-state index contributed by atoms with van der Waals surface area (Å²) >= 11 is 1.85. The minimum absolute atomic E-state index is 0.0600. The summed E-state index contributed by atoms with van der Waals surface area (Å²) in [6.45, 7) is 5.57. The monoisotopic (exact) mass is 242 g/mol. The molecule has 6 nitrogen and oxygen atoms in total. The van der Waals surface area contributed by atoms with Gasteiger partial charge in [0, 0.05) is 23.6 Å². The van der Waals surface area contributed by atoms with E-state index in [0.717, 1.165) is 5.75 Å². The SMILES string of the molecule is CC1(C)CN(C(=O)c2n[nH]c(=O)[nH]2)CCS1. The van der Waals surface area contributed by atoms with Gasteiger partial charge in [-0.3, -0.25) is 9.78 Å². The van der Waals surface area contributed by atoms with Crippen molar-refractivity contribution in [2.24, 2.45) is 0 Å². The summed E-state index contributed by atoms with van der Waals surface area (Å²) in [4.78, 5) is 26.9. The molecule has 2 rings (SSSR count). The van der Waals surface area contributed by atoms with E-state index in [2.05, 4.69) is 29.0 Å². The number of nitrogens with zero attached hydrogens (tertiary/aromatic N) is 2. The highest BCUT2D eigenvalue weighted by molar-refractivity contribution is 8.00. The zero-order valence-electron chi connectivity index (χ0n) is 9.24. The van der Waals surface area contributed by atoms with Gasteiger partial charge in [0.1, 0.15) is 0 Å². The molecule has 1 fully saturated rings. The average molecular weight is 242 g/mol. The van der Waals surface area contributed by atoms with Crippen molar-refractivity contribution >= 4 is 17.7 Å². The van der Waals surface area contributed by atoms with Crippen molar-refractivity contribution < 1.29 is 4.79 Å². The second-order valence-corrected chi connectivity index (χ2v) is 6.16. The third-order valence-corrected chi connectivity index (χ3v) is 3.71. The third kappa shape index (κ3) is 2.29. The van der Waals surface area contributed by atoms with Gasteiger partial charge in [0.05, 0.1) is 0 Å². The maximum Gasteiger partial charge on any atom is 0.341 e. The van der Waals surface area contributed by atoms with E-state index in [4.69, 9.17) is 0 Å². The number of H-pyrrole nitrogens is 2. The number of carbonyl (C=O) groups excluding carboxylic acids is 1. The topological polar surface area (TPSA) is 81.8 Å². The van der Waals surface area contributed by atoms with Crippen molar-refractivity contribution in [1.82, 2.24) is 20.1 Å². The first-order chi connectivity index (χ1) is 7.48. The molecule has 0 aromatic carbocycles. The Balaban J connectivity index is 2.13. The van der Waals surface area contributed by atoms with E-state index in [0.29, 0.717) is 13.1 Å². The molecule has 1 aliphatic rings. The largest absolute Gasteiger partial charge is 0.341 e. The molecule has 1 aliphatic heterocycles. The van der Waals surface area contributed by atoms with Crippen LogP contribution in [0.3, 0.4) is 0 Å². The van der Waals surface area contributed by atoms with Gasteiger partial charge in [-0.2, -0.15) is 11.8 Å². The van der Waals surface area contributed by atoms with E-state index in [1.54, 1.807) is 4.90 Å². The van der Waals surface area contributed by atoms with Crippen LogP contribution in [0.25, 0.3) is 0 Å². The first kappa shape index (κ1) is 11.3. The maximum atomic E-state index is 12.0. The Bertz CT molecular complexity index is 450. The molecule has 0 bridgehead atoms. The maximum absolute atomic E-state index is 12.0. The summed E-state index contributed by atoms with van der Waals surface area (Å²) in [6.07, 6.45) is 0. The number of amides is 1. The molecule has 1 aromatic heterocycles. The molecule has 0 unspecified atom stereocenters. The highest BCUT2D eigenvalue weighted by Gasteiger charge is 2.31. The number of nitrogens with one attached hydrogen (secondary N) is 2. The molecule has 1 amide bonds. The van der Waals surface area contributed by atoms with Crippen LogP contribution in [0.5, 0.6) is 0 Å². The number of aromatic amines is 2. The molecule has 88 valence electrons. The second kappa shape index (κ2) is 3.97. The Morgan fingerprint density at radius 1 is 1.56 bits per heavy atom. The lowest BCUT2D eigenvalue weighted by molar-refractivity contribution is 0.0736. The fourth-order valence-electron chi connectivity index (χ4n) is 1.71. The summed E-state index contributed by atoms with van der Waals surface area (Å²) in [5.74, 6) is 0.785. The molecule has 0 saturated carbocycles. The highest BCUT2D eigenvalue weighted by Crippen LogP contribution is 2.29. The van der Waals surface area contributed by atoms with Crippen LogP contribution < -0.4 is 5.69 Å². The fourth-order valence-corrected chi connectivity index (χ4v) is 2.82. The van der Waals surface area contributed by atoms with Crippen LogP contribution in [-0.2, 0) is 0 Å². The number of thioether (sulfide) groups is 1. The van der Waals surface area contributed by atoms with Gasteiger partial charge in [0.15, 0.2) is 0 Å². The Kier molecular flexibility index (Phi) is 2.79. The number of aromatic nitrogens is 3. The van der Waals surface area contributed by atoms with E-state index in [-0.39, 0.29) is 16.5 Å². The van der Waals surface area contributed by atoms with Crippen molar-refractivity contribution in [3.63, 3.8) is 0 Å². The van der Waals surface area contributed by atoms with Gasteiger partial charge >= 0.3 is 5.69 Å². The van der Waals surface area contributed by atoms with Gasteiger partial charge in [-0.1, -0.05) is 0 Å². The molecule has 0 aliphatic carbocycles. The first-order valence-corrected chi connectivity index (χ1v) is 6.04. The van der Waals surface area contributed by atoms with Gasteiger partial charge in [0.25, 0.3) is 5.91 Å². The minimum atomic E-state index is -0.450. The molecule has 2 heterocycles. The standard InChI is InChI=1S/C9H14N4O2S/c1-9(2)5-13(3-4-16-9)7(14)6-10-8(15)12-11-6/h3-5H2,1-2H3,(H2,10,11,12,15). The molecule has 16 heavy (non-hydrogen) atoms. The van der Waals surface area contributed by atoms with Crippen molar-refractivity contribution in [1.29, 1.82) is 0 Å². The van der Waals surface area contributed by atoms with Crippen molar-refractivity contribution in [2.45, 2.75) is 18.6 Å². The Labute approximate surface area is 96.8 Å². The third-order valence-electron chi connectivity index (χ3n) is 2.42. The molecule has 0 spiro atoms. The van der Waals surface area contributed by atoms with E-state index in [1.165, 1.54) is 0 Å². The molecular formula is C9H14N4O2S. The summed E-state index contributed by atoms with van der Waals surface area (Å²) in [5, 5.41) is 5.84. The summed E-state index contributed by atoms with van der Waals surface area (Å²) in [7, 11) is 0. The van der Waals surface area contributed by atoms with E-state index in [9.17, 15) is 9.59 Å². The lowest BCUT2D eigenvalue weighted by Gasteiger charge is -2.36. The van der Waals surface area contributed by atoms with Crippen LogP contribution in [0.4, 0.5) is 0 Å². The predicted octanol–water partition coefficient (Wildman–Crippen LogP) is 0.0656. The number of rotatable bonds is 1. The van der Waals surface area contributed by atoms with E-state index in [1.807, 2.05) is 11.8 Å². The smallest absolute Gasteiger partial charge is 0.334 e. The Hall–Kier alpha value is -1.24. The summed E-state index contributed by atoms with van der Waals surface area (Å²) in [5.41, 5.74) is -0.450. The number of hydrogen-bond acceptors (Lipinski definition) is 4. The quantitative estimate of drug-likeness (QED) is 0.730. The highest BCUT2D eigenvalue weighted by atomic mass is 32.2. The second-order valence-electron chi connectivity index (χ2n) is 4.36. The lowest BCUT2D eigenvalue weighted by atomic mass is 10.2. The Morgan fingerprint density at radius 2 is 2.31 bits per heavy atom. The van der Waals surface area contributed by atoms with E-state index < -0.39 is 5.69 Å². The molecular weight excluding hydrogens is 228 g/mol. The molecule has 1 aromatic rings. The van der Waals surface area contributed by atoms with Crippen LogP contribution in [0.1, 0.15) is 24.5 Å². The van der Waals surface area contributed by atoms with Crippen LogP contribution in [0.15, 0.2) is 4.79 Å². The normalized spacial score (nSPS) is 19.8. The van der Waals surface area contributed by atoms with Gasteiger partial charge < -0.3 is 4.90 Å². The Morgan fingerprint density at radius 3 is 2.88 bits per heavy atom. The number of hydrogen-bond donors (Lipinski definition) is 2. The molecule has 0 atom stereocenters. The van der Waals surface area contributed by atoms with Crippen molar-refractivity contribution in [3.8, 4) is 0 Å². The van der Waals surface area contributed by atoms with Gasteiger partial charge in [-0.15, -0.1) is 5.10 Å². The van der Waals surface area contributed by atoms with Crippen molar-refractivity contribution in [3.05, 3.63) is 16.3 Å². The predicted molar refractivity (Wildman–Crippen MR) is 61.6 cm³/mol. The first-order valence-electron chi connectivity index (χ1n) is 5.06. The van der Waals surface area contributed by atoms with Gasteiger partial charge in [0.2, 0.25) is 5.82 Å². The average Bonchev–Trinajstić information content (AvgIpc) is 2.62. The van der Waals surface area contributed by atoms with Crippen LogP contribution in [0, 0.1) is 0 Å². The molecule has 0 radical (unpaired) electrons. The van der Waals surface area contributed by atoms with Crippen LogP contribution in [0.2, 0.25) is 0 Å². The zero-order chi connectivity index (χ0) is 11.8. The summed E-state index contributed by atoms with van der Waals surface area (Å²) in [6, 6.07) is 0. The van der Waals surface area contributed by atoms with Crippen LogP contribution in [-0.4, -0.2) is 49.6 Å². The van der Waals surface area contributed by atoms with Gasteiger partial charge in [-0.25, -0.2) is 9.89 Å². The number of carbonyl (C=O) groups is 1. The van der Waals surface area contributed by atoms with Gasteiger partial charge in [-0.05, 0) is 13.8 Å². The zero-order valence-corrected chi connectivity index (χ0v) is 10.1. The molecule has 2 N–H and O–H groups in total.